The van der Waals surface area contributed by atoms with Gasteiger partial charge < -0.3 is 15.5 Å². The van der Waals surface area contributed by atoms with Gasteiger partial charge in [0.2, 0.25) is 0 Å². The number of amides is 2. The van der Waals surface area contributed by atoms with E-state index in [1.807, 2.05) is 18.2 Å². The molecule has 1 heterocycles. The molecule has 1 aliphatic rings. The van der Waals surface area contributed by atoms with Crippen LogP contribution in [0.2, 0.25) is 5.02 Å². The quantitative estimate of drug-likeness (QED) is 0.559. The second-order valence-corrected chi connectivity index (χ2v) is 7.26. The maximum atomic E-state index is 13.1. The number of nitrogens with zero attached hydrogens (tertiary/aromatic N) is 2. The Bertz CT molecular complexity index is 842. The Balaban J connectivity index is 1.32. The minimum absolute atomic E-state index is 0.115. The Morgan fingerprint density at radius 1 is 1.00 bits per heavy atom. The molecule has 1 aliphatic heterocycles. The maximum absolute atomic E-state index is 13.1. The molecular weight excluding hydrogens is 395 g/mol. The predicted molar refractivity (Wildman–Crippen MR) is 113 cm³/mol. The topological polar surface area (TPSA) is 64.7 Å². The number of halogens is 2. The summed E-state index contributed by atoms with van der Waals surface area (Å²) >= 11 is 5.66. The number of hydrogen-bond acceptors (Lipinski definition) is 4. The van der Waals surface area contributed by atoms with Crippen LogP contribution in [0.3, 0.4) is 0 Å². The van der Waals surface area contributed by atoms with E-state index in [0.29, 0.717) is 6.54 Å². The van der Waals surface area contributed by atoms with E-state index in [2.05, 4.69) is 32.6 Å². The first-order valence-electron chi connectivity index (χ1n) is 9.59. The summed E-state index contributed by atoms with van der Waals surface area (Å²) in [4.78, 5) is 28.5. The van der Waals surface area contributed by atoms with Crippen LogP contribution in [-0.2, 0) is 9.59 Å². The highest BCUT2D eigenvalue weighted by molar-refractivity contribution is 6.39. The number of nitrogens with one attached hydrogen (secondary N) is 2. The number of carbonyl (C=O) groups is 2. The van der Waals surface area contributed by atoms with Gasteiger partial charge in [-0.15, -0.1) is 0 Å². The highest BCUT2D eigenvalue weighted by Crippen LogP contribution is 2.19. The van der Waals surface area contributed by atoms with E-state index >= 15 is 0 Å². The van der Waals surface area contributed by atoms with E-state index in [-0.39, 0.29) is 10.7 Å². The monoisotopic (exact) mass is 418 g/mol. The summed E-state index contributed by atoms with van der Waals surface area (Å²) in [6.45, 7) is 5.15. The number of benzene rings is 2. The average molecular weight is 419 g/mol. The zero-order valence-electron chi connectivity index (χ0n) is 16.0. The fourth-order valence-corrected chi connectivity index (χ4v) is 3.40. The van der Waals surface area contributed by atoms with Crippen LogP contribution in [-0.4, -0.2) is 56.0 Å². The van der Waals surface area contributed by atoms with Crippen LogP contribution in [0.1, 0.15) is 6.42 Å². The fourth-order valence-electron chi connectivity index (χ4n) is 3.22. The number of rotatable bonds is 6. The first kappa shape index (κ1) is 21.1. The third-order valence-corrected chi connectivity index (χ3v) is 5.10. The zero-order chi connectivity index (χ0) is 20.6. The van der Waals surface area contributed by atoms with Crippen molar-refractivity contribution in [2.45, 2.75) is 6.42 Å². The van der Waals surface area contributed by atoms with Crippen LogP contribution in [0.25, 0.3) is 0 Å². The molecule has 8 heteroatoms. The molecule has 154 valence electrons. The second kappa shape index (κ2) is 10.2. The average Bonchev–Trinajstić information content (AvgIpc) is 2.74. The van der Waals surface area contributed by atoms with Gasteiger partial charge in [-0.25, -0.2) is 4.39 Å². The third kappa shape index (κ3) is 6.17. The first-order valence-corrected chi connectivity index (χ1v) is 9.97. The van der Waals surface area contributed by atoms with Gasteiger partial charge in [-0.2, -0.15) is 0 Å². The van der Waals surface area contributed by atoms with Gasteiger partial charge in [-0.05, 0) is 43.3 Å². The Labute approximate surface area is 174 Å². The molecule has 0 radical (unpaired) electrons. The van der Waals surface area contributed by atoms with Crippen LogP contribution in [0, 0.1) is 5.82 Å². The number of carbonyl (C=O) groups excluding carboxylic acids is 2. The SMILES string of the molecule is O=C(NCCCN1CCN(c2ccccc2)CC1)C(=O)Nc1ccc(F)c(Cl)c1. The number of hydrogen-bond donors (Lipinski definition) is 2. The van der Waals surface area contributed by atoms with Crippen molar-refractivity contribution in [1.82, 2.24) is 10.2 Å². The van der Waals surface area contributed by atoms with Crippen molar-refractivity contribution in [3.8, 4) is 0 Å². The maximum Gasteiger partial charge on any atom is 0.313 e. The molecule has 3 rings (SSSR count). The van der Waals surface area contributed by atoms with Crippen molar-refractivity contribution >= 4 is 34.8 Å². The smallest absolute Gasteiger partial charge is 0.313 e. The lowest BCUT2D eigenvalue weighted by molar-refractivity contribution is -0.136. The van der Waals surface area contributed by atoms with Crippen molar-refractivity contribution in [3.63, 3.8) is 0 Å². The summed E-state index contributed by atoms with van der Waals surface area (Å²) in [5.41, 5.74) is 1.51. The molecule has 2 aromatic rings. The molecule has 0 bridgehead atoms. The third-order valence-electron chi connectivity index (χ3n) is 4.81. The van der Waals surface area contributed by atoms with Gasteiger partial charge in [0.1, 0.15) is 5.82 Å². The van der Waals surface area contributed by atoms with Crippen LogP contribution < -0.4 is 15.5 Å². The minimum atomic E-state index is -0.802. The van der Waals surface area contributed by atoms with E-state index in [1.54, 1.807) is 0 Å². The Morgan fingerprint density at radius 2 is 1.72 bits per heavy atom. The largest absolute Gasteiger partial charge is 0.369 e. The Hall–Kier alpha value is -2.64. The van der Waals surface area contributed by atoms with Gasteiger partial charge in [-0.3, -0.25) is 14.5 Å². The van der Waals surface area contributed by atoms with Crippen molar-refractivity contribution < 1.29 is 14.0 Å². The van der Waals surface area contributed by atoms with Crippen LogP contribution in [0.4, 0.5) is 15.8 Å². The van der Waals surface area contributed by atoms with Crippen LogP contribution in [0.15, 0.2) is 48.5 Å². The lowest BCUT2D eigenvalue weighted by atomic mass is 10.2. The standard InChI is InChI=1S/C21H24ClFN4O2/c22-18-15-16(7-8-19(18)23)25-21(29)20(28)24-9-4-10-26-11-13-27(14-12-26)17-5-2-1-3-6-17/h1-3,5-8,15H,4,9-14H2,(H,24,28)(H,25,29). The van der Waals surface area contributed by atoms with Crippen LogP contribution in [0.5, 0.6) is 0 Å². The molecule has 0 spiro atoms. The predicted octanol–water partition coefficient (Wildman–Crippen LogP) is 2.75. The molecule has 0 aromatic heterocycles. The summed E-state index contributed by atoms with van der Waals surface area (Å²) in [5.74, 6) is -2.11. The van der Waals surface area contributed by atoms with Crippen molar-refractivity contribution in [3.05, 3.63) is 59.4 Å². The van der Waals surface area contributed by atoms with Gasteiger partial charge in [0.15, 0.2) is 0 Å². The molecule has 1 saturated heterocycles. The van der Waals surface area contributed by atoms with Gasteiger partial charge in [0.25, 0.3) is 0 Å². The molecule has 0 unspecified atom stereocenters. The normalized spacial score (nSPS) is 14.5. The molecule has 6 nitrogen and oxygen atoms in total. The summed E-state index contributed by atoms with van der Waals surface area (Å²) < 4.78 is 13.1. The summed E-state index contributed by atoms with van der Waals surface area (Å²) in [5, 5.41) is 4.89. The Morgan fingerprint density at radius 3 is 2.41 bits per heavy atom. The van der Waals surface area contributed by atoms with E-state index in [1.165, 1.54) is 17.8 Å². The lowest BCUT2D eigenvalue weighted by Gasteiger charge is -2.36. The summed E-state index contributed by atoms with van der Waals surface area (Å²) in [7, 11) is 0. The molecule has 1 fully saturated rings. The molecule has 0 aliphatic carbocycles. The minimum Gasteiger partial charge on any atom is -0.369 e. The van der Waals surface area contributed by atoms with Gasteiger partial charge in [0.05, 0.1) is 5.02 Å². The van der Waals surface area contributed by atoms with E-state index < -0.39 is 17.6 Å². The van der Waals surface area contributed by atoms with Gasteiger partial charge in [-0.1, -0.05) is 29.8 Å². The number of para-hydroxylation sites is 1. The van der Waals surface area contributed by atoms with Crippen LogP contribution >= 0.6 is 11.6 Å². The Kier molecular flexibility index (Phi) is 7.43. The van der Waals surface area contributed by atoms with Crippen molar-refractivity contribution in [1.29, 1.82) is 0 Å². The van der Waals surface area contributed by atoms with Gasteiger partial charge in [0, 0.05) is 44.1 Å². The van der Waals surface area contributed by atoms with E-state index in [4.69, 9.17) is 11.6 Å². The highest BCUT2D eigenvalue weighted by Gasteiger charge is 2.17. The summed E-state index contributed by atoms with van der Waals surface area (Å²) in [6, 6.07) is 14.1. The molecule has 0 saturated carbocycles. The van der Waals surface area contributed by atoms with E-state index in [9.17, 15) is 14.0 Å². The lowest BCUT2D eigenvalue weighted by Crippen LogP contribution is -2.47. The second-order valence-electron chi connectivity index (χ2n) is 6.86. The first-order chi connectivity index (χ1) is 14.0. The van der Waals surface area contributed by atoms with Gasteiger partial charge >= 0.3 is 11.8 Å². The zero-order valence-corrected chi connectivity index (χ0v) is 16.8. The summed E-state index contributed by atoms with van der Waals surface area (Å²) in [6.07, 6.45) is 0.757. The molecule has 2 aromatic carbocycles. The molecule has 29 heavy (non-hydrogen) atoms. The fraction of sp³-hybridized carbons (Fsp3) is 0.333. The van der Waals surface area contributed by atoms with E-state index in [0.717, 1.165) is 45.2 Å². The molecule has 2 amide bonds. The molecular formula is C21H24ClFN4O2. The van der Waals surface area contributed by atoms with Crippen molar-refractivity contribution in [2.24, 2.45) is 0 Å². The molecule has 0 atom stereocenters. The number of anilines is 2. The number of piperazine rings is 1. The van der Waals surface area contributed by atoms with Crippen molar-refractivity contribution in [2.75, 3.05) is 49.5 Å². The highest BCUT2D eigenvalue weighted by atomic mass is 35.5. The molecule has 2 N–H and O–H groups in total.